The lowest BCUT2D eigenvalue weighted by molar-refractivity contribution is -0.137. The van der Waals surface area contributed by atoms with Crippen molar-refractivity contribution in [3.8, 4) is 5.75 Å². The van der Waals surface area contributed by atoms with Gasteiger partial charge in [-0.15, -0.1) is 0 Å². The Morgan fingerprint density at radius 1 is 0.897 bits per heavy atom. The van der Waals surface area contributed by atoms with Gasteiger partial charge in [0.15, 0.2) is 0 Å². The first-order chi connectivity index (χ1) is 13.9. The first-order valence-electron chi connectivity index (χ1n) is 9.06. The molecule has 0 saturated carbocycles. The van der Waals surface area contributed by atoms with Gasteiger partial charge in [0.1, 0.15) is 11.3 Å². The average molecular weight is 394 g/mol. The second-order valence-corrected chi connectivity index (χ2v) is 6.82. The third-order valence-corrected chi connectivity index (χ3v) is 4.96. The van der Waals surface area contributed by atoms with E-state index in [2.05, 4.69) is 9.97 Å². The summed E-state index contributed by atoms with van der Waals surface area (Å²) in [5.41, 5.74) is 1.96. The largest absolute Gasteiger partial charge is 0.505 e. The second kappa shape index (κ2) is 7.54. The molecule has 0 aliphatic rings. The maximum absolute atomic E-state index is 13.0. The fourth-order valence-corrected chi connectivity index (χ4v) is 3.49. The molecule has 146 valence electrons. The van der Waals surface area contributed by atoms with E-state index in [0.29, 0.717) is 23.1 Å². The van der Waals surface area contributed by atoms with Gasteiger partial charge in [0.05, 0.1) is 5.56 Å². The van der Waals surface area contributed by atoms with Crippen molar-refractivity contribution < 1.29 is 18.3 Å². The lowest BCUT2D eigenvalue weighted by atomic mass is 9.85. The molecule has 0 amide bonds. The average Bonchev–Trinajstić information content (AvgIpc) is 2.73. The molecule has 0 radical (unpaired) electrons. The summed E-state index contributed by atoms with van der Waals surface area (Å²) in [6.45, 7) is 0. The van der Waals surface area contributed by atoms with Crippen LogP contribution in [-0.2, 0) is 12.6 Å². The first-order valence-corrected chi connectivity index (χ1v) is 9.06. The standard InChI is InChI=1S/C23H17F3N2O/c24-23(25,26)18-8-5-16(6-9-18)20(13-15-3-1-11-27-14-15)19-10-7-17-4-2-12-28-21(17)22(19)29/h1-12,14,20,29H,13H2. The minimum Gasteiger partial charge on any atom is -0.505 e. The van der Waals surface area contributed by atoms with Gasteiger partial charge in [-0.2, -0.15) is 13.2 Å². The highest BCUT2D eigenvalue weighted by Gasteiger charge is 2.30. The zero-order chi connectivity index (χ0) is 20.4. The molecule has 0 fully saturated rings. The Morgan fingerprint density at radius 2 is 1.66 bits per heavy atom. The van der Waals surface area contributed by atoms with Gasteiger partial charge < -0.3 is 5.11 Å². The van der Waals surface area contributed by atoms with Crippen molar-refractivity contribution >= 4 is 10.9 Å². The first kappa shape index (κ1) is 18.9. The topological polar surface area (TPSA) is 46.0 Å². The monoisotopic (exact) mass is 394 g/mol. The fraction of sp³-hybridized carbons (Fsp3) is 0.130. The maximum Gasteiger partial charge on any atom is 0.416 e. The van der Waals surface area contributed by atoms with Crippen LogP contribution in [0.5, 0.6) is 5.75 Å². The molecule has 1 atom stereocenters. The molecule has 0 aliphatic heterocycles. The fourth-order valence-electron chi connectivity index (χ4n) is 3.49. The molecule has 4 aromatic rings. The molecule has 29 heavy (non-hydrogen) atoms. The van der Waals surface area contributed by atoms with Gasteiger partial charge in [0.2, 0.25) is 0 Å². The summed E-state index contributed by atoms with van der Waals surface area (Å²) in [4.78, 5) is 8.38. The molecule has 2 heterocycles. The number of aromatic hydroxyl groups is 1. The van der Waals surface area contributed by atoms with E-state index in [1.807, 2.05) is 18.2 Å². The van der Waals surface area contributed by atoms with E-state index in [1.165, 1.54) is 12.1 Å². The Hall–Kier alpha value is -3.41. The van der Waals surface area contributed by atoms with Crippen molar-refractivity contribution in [2.45, 2.75) is 18.5 Å². The molecule has 2 aromatic heterocycles. The number of fused-ring (bicyclic) bond motifs is 1. The van der Waals surface area contributed by atoms with Gasteiger partial charge in [-0.1, -0.05) is 36.4 Å². The molecule has 6 heteroatoms. The van der Waals surface area contributed by atoms with Crippen LogP contribution in [0.15, 0.2) is 79.3 Å². The number of hydrogen-bond donors (Lipinski definition) is 1. The number of phenols is 1. The number of rotatable bonds is 4. The van der Waals surface area contributed by atoms with Crippen LogP contribution in [0.4, 0.5) is 13.2 Å². The number of hydrogen-bond acceptors (Lipinski definition) is 3. The minimum absolute atomic E-state index is 0.0388. The second-order valence-electron chi connectivity index (χ2n) is 6.82. The van der Waals surface area contributed by atoms with Crippen LogP contribution < -0.4 is 0 Å². The highest BCUT2D eigenvalue weighted by atomic mass is 19.4. The van der Waals surface area contributed by atoms with Crippen molar-refractivity contribution in [1.29, 1.82) is 0 Å². The Kier molecular flexibility index (Phi) is 4.92. The van der Waals surface area contributed by atoms with E-state index >= 15 is 0 Å². The predicted octanol–water partition coefficient (Wildman–Crippen LogP) is 5.73. The zero-order valence-electron chi connectivity index (χ0n) is 15.3. The summed E-state index contributed by atoms with van der Waals surface area (Å²) in [7, 11) is 0. The van der Waals surface area contributed by atoms with Crippen LogP contribution in [0, 0.1) is 0 Å². The van der Waals surface area contributed by atoms with Crippen LogP contribution in [0.25, 0.3) is 10.9 Å². The van der Waals surface area contributed by atoms with E-state index in [4.69, 9.17) is 0 Å². The molecule has 0 bridgehead atoms. The highest BCUT2D eigenvalue weighted by Crippen LogP contribution is 2.38. The molecule has 1 unspecified atom stereocenters. The molecule has 2 aromatic carbocycles. The molecule has 4 rings (SSSR count). The van der Waals surface area contributed by atoms with Crippen LogP contribution >= 0.6 is 0 Å². The lowest BCUT2D eigenvalue weighted by Crippen LogP contribution is -2.08. The zero-order valence-corrected chi connectivity index (χ0v) is 15.3. The van der Waals surface area contributed by atoms with Crippen molar-refractivity contribution in [2.24, 2.45) is 0 Å². The van der Waals surface area contributed by atoms with Crippen LogP contribution in [0.2, 0.25) is 0 Å². The van der Waals surface area contributed by atoms with Crippen LogP contribution in [-0.4, -0.2) is 15.1 Å². The number of benzene rings is 2. The van der Waals surface area contributed by atoms with E-state index < -0.39 is 11.7 Å². The number of halogens is 3. The number of phenolic OH excluding ortho intramolecular Hbond substituents is 1. The van der Waals surface area contributed by atoms with Gasteiger partial charge in [0, 0.05) is 35.5 Å². The summed E-state index contributed by atoms with van der Waals surface area (Å²) in [5.74, 6) is -0.315. The van der Waals surface area contributed by atoms with E-state index in [-0.39, 0.29) is 11.7 Å². The number of pyridine rings is 2. The Labute approximate surface area is 165 Å². The summed E-state index contributed by atoms with van der Waals surface area (Å²) < 4.78 is 38.9. The Morgan fingerprint density at radius 3 is 2.34 bits per heavy atom. The SMILES string of the molecule is Oc1c(C(Cc2cccnc2)c2ccc(C(F)(F)F)cc2)ccc2cccnc12. The summed E-state index contributed by atoms with van der Waals surface area (Å²) in [6.07, 6.45) is 1.05. The minimum atomic E-state index is -4.40. The lowest BCUT2D eigenvalue weighted by Gasteiger charge is -2.20. The van der Waals surface area contributed by atoms with Crippen molar-refractivity contribution in [3.63, 3.8) is 0 Å². The van der Waals surface area contributed by atoms with Gasteiger partial charge in [-0.25, -0.2) is 0 Å². The normalized spacial score (nSPS) is 12.8. The van der Waals surface area contributed by atoms with Crippen molar-refractivity contribution in [3.05, 3.63) is 102 Å². The molecule has 0 spiro atoms. The van der Waals surface area contributed by atoms with Gasteiger partial charge in [-0.3, -0.25) is 9.97 Å². The van der Waals surface area contributed by atoms with Crippen LogP contribution in [0.3, 0.4) is 0 Å². The molecule has 3 nitrogen and oxygen atoms in total. The van der Waals surface area contributed by atoms with Crippen molar-refractivity contribution in [2.75, 3.05) is 0 Å². The Bertz CT molecular complexity index is 1130. The van der Waals surface area contributed by atoms with E-state index in [9.17, 15) is 18.3 Å². The van der Waals surface area contributed by atoms with E-state index in [0.717, 1.165) is 23.1 Å². The quantitative estimate of drug-likeness (QED) is 0.481. The number of alkyl halides is 3. The summed E-state index contributed by atoms with van der Waals surface area (Å²) in [5, 5.41) is 11.7. The third kappa shape index (κ3) is 3.92. The number of nitrogens with zero attached hydrogens (tertiary/aromatic N) is 2. The molecule has 0 aliphatic carbocycles. The number of aromatic nitrogens is 2. The van der Waals surface area contributed by atoms with Gasteiger partial charge in [-0.05, 0) is 41.8 Å². The summed E-state index contributed by atoms with van der Waals surface area (Å²) in [6, 6.07) is 16.1. The van der Waals surface area contributed by atoms with Crippen LogP contribution in [0.1, 0.15) is 28.2 Å². The maximum atomic E-state index is 13.0. The third-order valence-electron chi connectivity index (χ3n) is 4.96. The molecular formula is C23H17F3N2O. The molecule has 1 N–H and O–H groups in total. The van der Waals surface area contributed by atoms with E-state index in [1.54, 1.807) is 36.8 Å². The van der Waals surface area contributed by atoms with Crippen molar-refractivity contribution in [1.82, 2.24) is 9.97 Å². The Balaban J connectivity index is 1.82. The van der Waals surface area contributed by atoms with Gasteiger partial charge >= 0.3 is 6.18 Å². The smallest absolute Gasteiger partial charge is 0.416 e. The molecular weight excluding hydrogens is 377 g/mol. The predicted molar refractivity (Wildman–Crippen MR) is 105 cm³/mol. The van der Waals surface area contributed by atoms with Gasteiger partial charge in [0.25, 0.3) is 0 Å². The summed E-state index contributed by atoms with van der Waals surface area (Å²) >= 11 is 0. The highest BCUT2D eigenvalue weighted by molar-refractivity contribution is 5.85. The molecule has 0 saturated heterocycles.